The van der Waals surface area contributed by atoms with Gasteiger partial charge in [-0.2, -0.15) is 0 Å². The maximum Gasteiger partial charge on any atom is -0.0203 e. The van der Waals surface area contributed by atoms with Crippen LogP contribution in [0.2, 0.25) is 0 Å². The van der Waals surface area contributed by atoms with Crippen LogP contribution in [-0.4, -0.2) is 0 Å². The first-order chi connectivity index (χ1) is 12.8. The molecule has 1 aromatic carbocycles. The molecule has 0 amide bonds. The highest BCUT2D eigenvalue weighted by Crippen LogP contribution is 2.35. The minimum absolute atomic E-state index is 0.851. The van der Waals surface area contributed by atoms with Gasteiger partial charge in [-0.1, -0.05) is 88.4 Å². The lowest BCUT2D eigenvalue weighted by Gasteiger charge is -2.28. The van der Waals surface area contributed by atoms with Crippen LogP contribution < -0.4 is 0 Å². The summed E-state index contributed by atoms with van der Waals surface area (Å²) >= 11 is 0. The van der Waals surface area contributed by atoms with E-state index in [0.717, 1.165) is 17.8 Å². The Hall–Kier alpha value is -1.04. The third-order valence-corrected chi connectivity index (χ3v) is 6.71. The second-order valence-electron chi connectivity index (χ2n) is 8.54. The molecule has 1 aliphatic rings. The Morgan fingerprint density at radius 2 is 1.73 bits per heavy atom. The van der Waals surface area contributed by atoms with Crippen LogP contribution in [0.3, 0.4) is 0 Å². The van der Waals surface area contributed by atoms with Crippen molar-refractivity contribution >= 4 is 0 Å². The molecule has 0 spiro atoms. The number of benzene rings is 1. The van der Waals surface area contributed by atoms with Crippen molar-refractivity contribution in [3.05, 3.63) is 47.5 Å². The SMILES string of the molecule is CCCC(CCCc1ccccc1)C1=CCC(CCC(CC)CC)CC1. The van der Waals surface area contributed by atoms with Gasteiger partial charge in [0.1, 0.15) is 0 Å². The van der Waals surface area contributed by atoms with E-state index in [1.54, 1.807) is 5.57 Å². The molecule has 0 saturated carbocycles. The molecular formula is C26H42. The van der Waals surface area contributed by atoms with Crippen LogP contribution in [0.15, 0.2) is 42.0 Å². The molecule has 2 unspecified atom stereocenters. The largest absolute Gasteiger partial charge is 0.0848 e. The standard InChI is InChI=1S/C26H42/c1-4-11-25(15-10-14-23-12-8-7-9-13-23)26-20-18-24(19-21-26)17-16-22(5-2)6-3/h7-9,12-13,20,22,24-25H,4-6,10-11,14-19,21H2,1-3H3. The first-order valence-corrected chi connectivity index (χ1v) is 11.5. The van der Waals surface area contributed by atoms with E-state index in [0.29, 0.717) is 0 Å². The second kappa shape index (κ2) is 12.4. The summed E-state index contributed by atoms with van der Waals surface area (Å²) in [5.41, 5.74) is 3.31. The molecule has 0 saturated heterocycles. The number of hydrogen-bond donors (Lipinski definition) is 0. The molecular weight excluding hydrogens is 312 g/mol. The lowest BCUT2D eigenvalue weighted by atomic mass is 9.78. The van der Waals surface area contributed by atoms with Gasteiger partial charge in [-0.05, 0) is 74.7 Å². The van der Waals surface area contributed by atoms with Crippen molar-refractivity contribution in [1.82, 2.24) is 0 Å². The third kappa shape index (κ3) is 7.29. The van der Waals surface area contributed by atoms with Crippen LogP contribution in [0, 0.1) is 17.8 Å². The smallest absolute Gasteiger partial charge is 0.0203 e. The van der Waals surface area contributed by atoms with E-state index in [2.05, 4.69) is 57.2 Å². The summed E-state index contributed by atoms with van der Waals surface area (Å²) in [4.78, 5) is 0. The monoisotopic (exact) mass is 354 g/mol. The van der Waals surface area contributed by atoms with Crippen LogP contribution in [0.25, 0.3) is 0 Å². The van der Waals surface area contributed by atoms with Crippen molar-refractivity contribution < 1.29 is 0 Å². The van der Waals surface area contributed by atoms with Gasteiger partial charge >= 0.3 is 0 Å². The molecule has 0 heteroatoms. The van der Waals surface area contributed by atoms with E-state index < -0.39 is 0 Å². The first kappa shape index (κ1) is 21.3. The normalized spacial score (nSPS) is 18.8. The Balaban J connectivity index is 1.78. The fraction of sp³-hybridized carbons (Fsp3) is 0.692. The predicted octanol–water partition coefficient (Wildman–Crippen LogP) is 8.37. The summed E-state index contributed by atoms with van der Waals surface area (Å²) in [6.45, 7) is 7.07. The summed E-state index contributed by atoms with van der Waals surface area (Å²) in [5.74, 6) is 2.78. The van der Waals surface area contributed by atoms with Crippen LogP contribution in [0.4, 0.5) is 0 Å². The van der Waals surface area contributed by atoms with Crippen molar-refractivity contribution in [3.63, 3.8) is 0 Å². The van der Waals surface area contributed by atoms with Gasteiger partial charge in [-0.3, -0.25) is 0 Å². The number of hydrogen-bond acceptors (Lipinski definition) is 0. The third-order valence-electron chi connectivity index (χ3n) is 6.71. The van der Waals surface area contributed by atoms with E-state index >= 15 is 0 Å². The molecule has 1 aromatic rings. The average molecular weight is 355 g/mol. The van der Waals surface area contributed by atoms with E-state index in [1.807, 2.05) is 0 Å². The van der Waals surface area contributed by atoms with Crippen LogP contribution >= 0.6 is 0 Å². The molecule has 0 nitrogen and oxygen atoms in total. The molecule has 0 aromatic heterocycles. The molecule has 0 N–H and O–H groups in total. The van der Waals surface area contributed by atoms with E-state index in [1.165, 1.54) is 82.6 Å². The Bertz CT molecular complexity index is 494. The van der Waals surface area contributed by atoms with Gasteiger partial charge in [0.15, 0.2) is 0 Å². The van der Waals surface area contributed by atoms with E-state index in [9.17, 15) is 0 Å². The van der Waals surface area contributed by atoms with Gasteiger partial charge < -0.3 is 0 Å². The van der Waals surface area contributed by atoms with E-state index in [-0.39, 0.29) is 0 Å². The summed E-state index contributed by atoms with van der Waals surface area (Å²) < 4.78 is 0. The molecule has 0 heterocycles. The lowest BCUT2D eigenvalue weighted by Crippen LogP contribution is -2.13. The zero-order chi connectivity index (χ0) is 18.6. The zero-order valence-electron chi connectivity index (χ0n) is 17.7. The van der Waals surface area contributed by atoms with E-state index in [4.69, 9.17) is 0 Å². The molecule has 2 atom stereocenters. The molecule has 26 heavy (non-hydrogen) atoms. The fourth-order valence-corrected chi connectivity index (χ4v) is 4.77. The lowest BCUT2D eigenvalue weighted by molar-refractivity contribution is 0.345. The first-order valence-electron chi connectivity index (χ1n) is 11.5. The maximum atomic E-state index is 2.66. The Morgan fingerprint density at radius 3 is 2.35 bits per heavy atom. The topological polar surface area (TPSA) is 0 Å². The number of allylic oxidation sites excluding steroid dienone is 2. The van der Waals surface area contributed by atoms with Gasteiger partial charge in [0, 0.05) is 0 Å². The van der Waals surface area contributed by atoms with Crippen LogP contribution in [0.1, 0.15) is 97.0 Å². The summed E-state index contributed by atoms with van der Waals surface area (Å²) in [5, 5.41) is 0. The minimum Gasteiger partial charge on any atom is -0.0848 e. The van der Waals surface area contributed by atoms with Crippen molar-refractivity contribution in [2.45, 2.75) is 97.8 Å². The Kier molecular flexibility index (Phi) is 10.1. The quantitative estimate of drug-likeness (QED) is 0.331. The molecule has 0 bridgehead atoms. The van der Waals surface area contributed by atoms with Gasteiger partial charge in [0.25, 0.3) is 0 Å². The summed E-state index contributed by atoms with van der Waals surface area (Å²) in [6, 6.07) is 11.0. The average Bonchev–Trinajstić information content (AvgIpc) is 2.69. The highest BCUT2D eigenvalue weighted by Gasteiger charge is 2.20. The van der Waals surface area contributed by atoms with Crippen molar-refractivity contribution in [2.75, 3.05) is 0 Å². The molecule has 0 fully saturated rings. The molecule has 0 aliphatic heterocycles. The van der Waals surface area contributed by atoms with Crippen molar-refractivity contribution in [1.29, 1.82) is 0 Å². The Morgan fingerprint density at radius 1 is 0.962 bits per heavy atom. The minimum atomic E-state index is 0.851. The molecule has 0 radical (unpaired) electrons. The fourth-order valence-electron chi connectivity index (χ4n) is 4.77. The molecule has 2 rings (SSSR count). The number of rotatable bonds is 12. The van der Waals surface area contributed by atoms with Gasteiger partial charge in [0.2, 0.25) is 0 Å². The highest BCUT2D eigenvalue weighted by molar-refractivity contribution is 5.15. The highest BCUT2D eigenvalue weighted by atomic mass is 14.3. The van der Waals surface area contributed by atoms with Gasteiger partial charge in [-0.15, -0.1) is 0 Å². The van der Waals surface area contributed by atoms with Crippen LogP contribution in [-0.2, 0) is 6.42 Å². The molecule has 1 aliphatic carbocycles. The van der Waals surface area contributed by atoms with Crippen LogP contribution in [0.5, 0.6) is 0 Å². The maximum absolute atomic E-state index is 2.66. The summed E-state index contributed by atoms with van der Waals surface area (Å²) in [6.07, 6.45) is 19.2. The van der Waals surface area contributed by atoms with Gasteiger partial charge in [0.05, 0.1) is 0 Å². The Labute approximate surface area is 163 Å². The van der Waals surface area contributed by atoms with Crippen molar-refractivity contribution in [3.8, 4) is 0 Å². The van der Waals surface area contributed by atoms with Crippen molar-refractivity contribution in [2.24, 2.45) is 17.8 Å². The predicted molar refractivity (Wildman–Crippen MR) is 117 cm³/mol. The molecule has 146 valence electrons. The zero-order valence-corrected chi connectivity index (χ0v) is 17.7. The second-order valence-corrected chi connectivity index (χ2v) is 8.54. The van der Waals surface area contributed by atoms with Gasteiger partial charge in [-0.25, -0.2) is 0 Å². The summed E-state index contributed by atoms with van der Waals surface area (Å²) in [7, 11) is 0. The number of aryl methyl sites for hydroxylation is 1.